The van der Waals surface area contributed by atoms with Crippen LogP contribution in [0.5, 0.6) is 0 Å². The lowest BCUT2D eigenvalue weighted by molar-refractivity contribution is -0.139. The fourth-order valence-electron chi connectivity index (χ4n) is 3.85. The molecule has 0 aliphatic carbocycles. The Morgan fingerprint density at radius 2 is 2.06 bits per heavy atom. The summed E-state index contributed by atoms with van der Waals surface area (Å²) in [6.45, 7) is -1.14. The van der Waals surface area contributed by atoms with Crippen molar-refractivity contribution in [1.29, 1.82) is 0 Å². The van der Waals surface area contributed by atoms with Gasteiger partial charge in [-0.3, -0.25) is 4.79 Å². The molecule has 0 aromatic carbocycles. The Bertz CT molecular complexity index is 1250. The van der Waals surface area contributed by atoms with Gasteiger partial charge in [-0.05, 0) is 12.1 Å². The second-order valence-corrected chi connectivity index (χ2v) is 8.59. The number of H-pyrrole nitrogens is 1. The molecule has 1 saturated heterocycles. The average molecular weight is 511 g/mol. The first-order valence-corrected chi connectivity index (χ1v) is 10.9. The molecule has 1 aliphatic heterocycles. The number of nitrogens with one attached hydrogen (secondary N) is 2. The van der Waals surface area contributed by atoms with Gasteiger partial charge in [0.15, 0.2) is 5.82 Å². The predicted octanol–water partition coefficient (Wildman–Crippen LogP) is 2.52. The fraction of sp³-hybridized carbons (Fsp3) is 0.381. The first-order valence-electron chi connectivity index (χ1n) is 10.6. The number of carbonyl (C=O) groups is 2. The topological polar surface area (TPSA) is 110 Å². The van der Waals surface area contributed by atoms with Crippen LogP contribution in [0.15, 0.2) is 30.7 Å². The maximum absolute atomic E-state index is 12.8. The lowest BCUT2D eigenvalue weighted by atomic mass is 10.1. The van der Waals surface area contributed by atoms with Gasteiger partial charge in [-0.15, -0.1) is 0 Å². The van der Waals surface area contributed by atoms with Crippen molar-refractivity contribution in [1.82, 2.24) is 35.1 Å². The first-order chi connectivity index (χ1) is 16.5. The molecular weight excluding hydrogens is 489 g/mol. The van der Waals surface area contributed by atoms with Gasteiger partial charge in [0, 0.05) is 56.7 Å². The Kier molecular flexibility index (Phi) is 6.70. The number of aromatic nitrogens is 4. The van der Waals surface area contributed by atoms with E-state index in [1.807, 2.05) is 5.32 Å². The molecular formula is C21H22ClF3N8O2. The number of rotatable bonds is 4. The summed E-state index contributed by atoms with van der Waals surface area (Å²) in [5.41, 5.74) is 1.20. The Labute approximate surface area is 203 Å². The van der Waals surface area contributed by atoms with Gasteiger partial charge in [-0.2, -0.15) is 13.2 Å². The summed E-state index contributed by atoms with van der Waals surface area (Å²) in [7, 11) is 3.12. The Morgan fingerprint density at radius 3 is 2.77 bits per heavy atom. The van der Waals surface area contributed by atoms with Crippen molar-refractivity contribution in [2.75, 3.05) is 45.2 Å². The van der Waals surface area contributed by atoms with Crippen LogP contribution in [0.25, 0.3) is 22.4 Å². The highest BCUT2D eigenvalue weighted by molar-refractivity contribution is 6.31. The minimum atomic E-state index is -4.57. The van der Waals surface area contributed by atoms with E-state index in [-0.39, 0.29) is 25.7 Å². The molecule has 3 aromatic heterocycles. The number of alkyl halides is 3. The molecule has 4 heterocycles. The predicted molar refractivity (Wildman–Crippen MR) is 123 cm³/mol. The van der Waals surface area contributed by atoms with Gasteiger partial charge >= 0.3 is 12.2 Å². The molecule has 14 heteroatoms. The van der Waals surface area contributed by atoms with Crippen molar-refractivity contribution in [3.8, 4) is 11.4 Å². The summed E-state index contributed by atoms with van der Waals surface area (Å²) in [6, 6.07) is 1.85. The first kappa shape index (κ1) is 24.5. The highest BCUT2D eigenvalue weighted by atomic mass is 35.5. The number of aromatic amines is 1. The molecule has 3 aromatic rings. The van der Waals surface area contributed by atoms with Gasteiger partial charge < -0.3 is 25.0 Å². The molecule has 1 fully saturated rings. The molecule has 0 bridgehead atoms. The largest absolute Gasteiger partial charge is 0.405 e. The second kappa shape index (κ2) is 9.56. The van der Waals surface area contributed by atoms with Gasteiger partial charge in [-0.1, -0.05) is 11.6 Å². The molecule has 1 atom stereocenters. The molecule has 4 rings (SSSR count). The van der Waals surface area contributed by atoms with Gasteiger partial charge in [0.2, 0.25) is 5.91 Å². The highest BCUT2D eigenvalue weighted by Gasteiger charge is 2.37. The number of nitrogens with zero attached hydrogens (tertiary/aromatic N) is 6. The Balaban J connectivity index is 1.66. The van der Waals surface area contributed by atoms with E-state index in [1.165, 1.54) is 22.2 Å². The summed E-state index contributed by atoms with van der Waals surface area (Å²) in [5, 5.41) is 3.04. The molecule has 1 aliphatic rings. The van der Waals surface area contributed by atoms with Crippen molar-refractivity contribution in [3.05, 3.63) is 35.7 Å². The zero-order chi connectivity index (χ0) is 25.3. The molecule has 0 radical (unpaired) electrons. The van der Waals surface area contributed by atoms with Gasteiger partial charge in [-0.25, -0.2) is 19.7 Å². The van der Waals surface area contributed by atoms with Crippen LogP contribution in [-0.2, 0) is 4.79 Å². The highest BCUT2D eigenvalue weighted by Crippen LogP contribution is 2.29. The summed E-state index contributed by atoms with van der Waals surface area (Å²) >= 11 is 6.08. The zero-order valence-electron chi connectivity index (χ0n) is 18.8. The van der Waals surface area contributed by atoms with Crippen LogP contribution >= 0.6 is 11.6 Å². The van der Waals surface area contributed by atoms with Crippen LogP contribution in [0, 0.1) is 0 Å². The third-order valence-corrected chi connectivity index (χ3v) is 5.68. The number of urea groups is 1. The van der Waals surface area contributed by atoms with Crippen LogP contribution < -0.4 is 10.2 Å². The number of halogens is 4. The number of hydrogen-bond acceptors (Lipinski definition) is 6. The van der Waals surface area contributed by atoms with Crippen LogP contribution in [0.1, 0.15) is 0 Å². The summed E-state index contributed by atoms with van der Waals surface area (Å²) in [4.78, 5) is 45.7. The maximum atomic E-state index is 12.8. The monoisotopic (exact) mass is 510 g/mol. The van der Waals surface area contributed by atoms with E-state index in [1.54, 1.807) is 37.3 Å². The molecule has 186 valence electrons. The Hall–Kier alpha value is -3.61. The zero-order valence-corrected chi connectivity index (χ0v) is 19.6. The van der Waals surface area contributed by atoms with E-state index in [0.717, 1.165) is 0 Å². The number of piperazine rings is 1. The molecule has 0 saturated carbocycles. The van der Waals surface area contributed by atoms with E-state index in [2.05, 4.69) is 19.9 Å². The van der Waals surface area contributed by atoms with Crippen LogP contribution in [-0.4, -0.2) is 94.2 Å². The standard InChI is InChI=1S/C21H22ClF3N8O2/c1-31(2)20(35)32-5-6-33(15(10-32)19(34)29-11-21(23,24)25)16-3-4-26-18(30-16)14-9-28-17-13(14)7-12(22)8-27-17/h3-4,7-9,15H,5-6,10-11H2,1-2H3,(H,27,28)(H,29,34)/t15-/m1/s1. The van der Waals surface area contributed by atoms with Crippen LogP contribution in [0.4, 0.5) is 23.8 Å². The number of hydrogen-bond donors (Lipinski definition) is 2. The molecule has 35 heavy (non-hydrogen) atoms. The second-order valence-electron chi connectivity index (χ2n) is 8.16. The van der Waals surface area contributed by atoms with Crippen molar-refractivity contribution in [3.63, 3.8) is 0 Å². The van der Waals surface area contributed by atoms with Crippen molar-refractivity contribution < 1.29 is 22.8 Å². The smallest absolute Gasteiger partial charge is 0.345 e. The molecule has 10 nitrogen and oxygen atoms in total. The van der Waals surface area contributed by atoms with Crippen molar-refractivity contribution >= 4 is 40.4 Å². The van der Waals surface area contributed by atoms with Crippen LogP contribution in [0.3, 0.4) is 0 Å². The maximum Gasteiger partial charge on any atom is 0.405 e. The minimum absolute atomic E-state index is 0.105. The van der Waals surface area contributed by atoms with Gasteiger partial charge in [0.05, 0.1) is 11.6 Å². The van der Waals surface area contributed by atoms with E-state index >= 15 is 0 Å². The number of anilines is 1. The van der Waals surface area contributed by atoms with Crippen molar-refractivity contribution in [2.24, 2.45) is 0 Å². The quantitative estimate of drug-likeness (QED) is 0.558. The Morgan fingerprint density at radius 1 is 1.29 bits per heavy atom. The normalized spacial score (nSPS) is 16.5. The minimum Gasteiger partial charge on any atom is -0.345 e. The van der Waals surface area contributed by atoms with Crippen molar-refractivity contribution in [2.45, 2.75) is 12.2 Å². The SMILES string of the molecule is CN(C)C(=O)N1CCN(c2ccnc(-c3c[nH]c4ncc(Cl)cc34)n2)[C@@H](C(=O)NCC(F)(F)F)C1. The number of pyridine rings is 1. The van der Waals surface area contributed by atoms with E-state index in [0.29, 0.717) is 33.3 Å². The summed E-state index contributed by atoms with van der Waals surface area (Å²) in [6.07, 6.45) is 0.103. The molecule has 0 spiro atoms. The summed E-state index contributed by atoms with van der Waals surface area (Å²) in [5.74, 6) is -0.204. The fourth-order valence-corrected chi connectivity index (χ4v) is 4.00. The number of fused-ring (bicyclic) bond motifs is 1. The lowest BCUT2D eigenvalue weighted by Crippen LogP contribution is -2.62. The molecule has 0 unspecified atom stereocenters. The average Bonchev–Trinajstić information content (AvgIpc) is 3.24. The molecule has 3 amide bonds. The number of amides is 3. The third kappa shape index (κ3) is 5.39. The van der Waals surface area contributed by atoms with E-state index in [4.69, 9.17) is 11.6 Å². The summed E-state index contributed by atoms with van der Waals surface area (Å²) < 4.78 is 38.2. The van der Waals surface area contributed by atoms with E-state index in [9.17, 15) is 22.8 Å². The van der Waals surface area contributed by atoms with Crippen LogP contribution in [0.2, 0.25) is 5.02 Å². The lowest BCUT2D eigenvalue weighted by Gasteiger charge is -2.41. The number of carbonyl (C=O) groups excluding carboxylic acids is 2. The van der Waals surface area contributed by atoms with Gasteiger partial charge in [0.25, 0.3) is 0 Å². The third-order valence-electron chi connectivity index (χ3n) is 5.47. The molecule has 2 N–H and O–H groups in total. The van der Waals surface area contributed by atoms with E-state index < -0.39 is 24.7 Å². The van der Waals surface area contributed by atoms with Gasteiger partial charge in [0.1, 0.15) is 24.1 Å².